The Balaban J connectivity index is 1.69. The first-order chi connectivity index (χ1) is 12.0. The molecule has 2 amide bonds. The summed E-state index contributed by atoms with van der Waals surface area (Å²) in [6.07, 6.45) is 5.77. The molecular formula is C20H30N2O3. The average molecular weight is 346 g/mol. The van der Waals surface area contributed by atoms with Crippen LogP contribution in [0.2, 0.25) is 0 Å². The molecule has 138 valence electrons. The molecule has 3 heterocycles. The van der Waals surface area contributed by atoms with E-state index in [4.69, 9.17) is 4.42 Å². The molecular weight excluding hydrogens is 316 g/mol. The van der Waals surface area contributed by atoms with E-state index >= 15 is 0 Å². The van der Waals surface area contributed by atoms with E-state index in [1.807, 2.05) is 22.8 Å². The van der Waals surface area contributed by atoms with Crippen molar-refractivity contribution in [1.82, 2.24) is 9.80 Å². The van der Waals surface area contributed by atoms with Crippen LogP contribution in [-0.2, 0) is 4.79 Å². The Kier molecular flexibility index (Phi) is 5.50. The monoisotopic (exact) mass is 346 g/mol. The van der Waals surface area contributed by atoms with Gasteiger partial charge in [-0.25, -0.2) is 0 Å². The molecule has 2 aliphatic rings. The Hall–Kier alpha value is -1.78. The summed E-state index contributed by atoms with van der Waals surface area (Å²) in [6.45, 7) is 8.47. The second-order valence-electron chi connectivity index (χ2n) is 7.69. The van der Waals surface area contributed by atoms with Gasteiger partial charge in [-0.2, -0.15) is 0 Å². The van der Waals surface area contributed by atoms with Crippen molar-refractivity contribution in [1.29, 1.82) is 0 Å². The lowest BCUT2D eigenvalue weighted by atomic mass is 9.97. The molecule has 25 heavy (non-hydrogen) atoms. The third-order valence-corrected chi connectivity index (χ3v) is 5.53. The topological polar surface area (TPSA) is 53.8 Å². The van der Waals surface area contributed by atoms with E-state index in [2.05, 4.69) is 13.8 Å². The van der Waals surface area contributed by atoms with Crippen LogP contribution >= 0.6 is 0 Å². The summed E-state index contributed by atoms with van der Waals surface area (Å²) in [4.78, 5) is 28.9. The van der Waals surface area contributed by atoms with Crippen LogP contribution in [0.5, 0.6) is 0 Å². The van der Waals surface area contributed by atoms with E-state index < -0.39 is 0 Å². The van der Waals surface area contributed by atoms with E-state index in [-0.39, 0.29) is 23.8 Å². The third-order valence-electron chi connectivity index (χ3n) is 5.53. The number of hydrogen-bond donors (Lipinski definition) is 0. The lowest BCUT2D eigenvalue weighted by molar-refractivity contribution is -0.127. The van der Waals surface area contributed by atoms with Gasteiger partial charge in [0.15, 0.2) is 0 Å². The van der Waals surface area contributed by atoms with Gasteiger partial charge in [0.1, 0.15) is 11.5 Å². The van der Waals surface area contributed by atoms with Crippen molar-refractivity contribution in [2.24, 2.45) is 0 Å². The van der Waals surface area contributed by atoms with Crippen molar-refractivity contribution in [3.63, 3.8) is 0 Å². The second-order valence-corrected chi connectivity index (χ2v) is 7.69. The molecule has 0 aliphatic carbocycles. The summed E-state index contributed by atoms with van der Waals surface area (Å²) < 4.78 is 5.78. The van der Waals surface area contributed by atoms with Crippen molar-refractivity contribution >= 4 is 11.8 Å². The molecule has 0 radical (unpaired) electrons. The van der Waals surface area contributed by atoms with Gasteiger partial charge >= 0.3 is 0 Å². The van der Waals surface area contributed by atoms with Gasteiger partial charge in [0.05, 0.1) is 5.56 Å². The maximum atomic E-state index is 13.1. The zero-order valence-electron chi connectivity index (χ0n) is 15.7. The summed E-state index contributed by atoms with van der Waals surface area (Å²) in [5.74, 6) is 2.22. The molecule has 1 atom stereocenters. The van der Waals surface area contributed by atoms with Crippen LogP contribution in [0.15, 0.2) is 10.5 Å². The summed E-state index contributed by atoms with van der Waals surface area (Å²) in [6, 6.07) is 2.14. The number of carbonyl (C=O) groups excluding carboxylic acids is 2. The highest BCUT2D eigenvalue weighted by atomic mass is 16.3. The molecule has 2 saturated heterocycles. The fourth-order valence-corrected chi connectivity index (χ4v) is 3.97. The Morgan fingerprint density at radius 3 is 2.72 bits per heavy atom. The minimum atomic E-state index is 0.0885. The lowest BCUT2D eigenvalue weighted by Crippen LogP contribution is -2.45. The number of hydrogen-bond acceptors (Lipinski definition) is 3. The fourth-order valence-electron chi connectivity index (χ4n) is 3.97. The highest BCUT2D eigenvalue weighted by Crippen LogP contribution is 2.27. The van der Waals surface area contributed by atoms with E-state index in [1.165, 1.54) is 0 Å². The van der Waals surface area contributed by atoms with E-state index in [1.54, 1.807) is 0 Å². The maximum absolute atomic E-state index is 13.1. The van der Waals surface area contributed by atoms with Crippen molar-refractivity contribution < 1.29 is 14.0 Å². The quantitative estimate of drug-likeness (QED) is 0.816. The molecule has 5 nitrogen and oxygen atoms in total. The summed E-state index contributed by atoms with van der Waals surface area (Å²) in [5.41, 5.74) is 0.702. The smallest absolute Gasteiger partial charge is 0.257 e. The summed E-state index contributed by atoms with van der Waals surface area (Å²) in [5, 5.41) is 0. The minimum absolute atomic E-state index is 0.0885. The number of likely N-dealkylation sites (tertiary alicyclic amines) is 2. The van der Waals surface area contributed by atoms with E-state index in [0.717, 1.165) is 57.5 Å². The zero-order valence-corrected chi connectivity index (χ0v) is 15.7. The first kappa shape index (κ1) is 18.0. The number of piperidine rings is 1. The zero-order chi connectivity index (χ0) is 18.0. The Labute approximate surface area is 150 Å². The van der Waals surface area contributed by atoms with Crippen molar-refractivity contribution in [2.75, 3.05) is 19.6 Å². The van der Waals surface area contributed by atoms with E-state index in [0.29, 0.717) is 17.7 Å². The molecule has 3 rings (SSSR count). The largest absolute Gasteiger partial charge is 0.465 e. The first-order valence-electron chi connectivity index (χ1n) is 9.66. The molecule has 0 spiro atoms. The Morgan fingerprint density at radius 2 is 2.08 bits per heavy atom. The van der Waals surface area contributed by atoms with Crippen LogP contribution in [0.3, 0.4) is 0 Å². The second kappa shape index (κ2) is 7.63. The van der Waals surface area contributed by atoms with Gasteiger partial charge in [-0.1, -0.05) is 13.8 Å². The van der Waals surface area contributed by atoms with Crippen LogP contribution in [0.1, 0.15) is 80.2 Å². The van der Waals surface area contributed by atoms with Gasteiger partial charge in [-0.15, -0.1) is 0 Å². The van der Waals surface area contributed by atoms with E-state index in [9.17, 15) is 9.59 Å². The predicted octanol–water partition coefficient (Wildman–Crippen LogP) is 3.72. The third kappa shape index (κ3) is 3.91. The Bertz CT molecular complexity index is 635. The first-order valence-corrected chi connectivity index (χ1v) is 9.66. The predicted molar refractivity (Wildman–Crippen MR) is 96.6 cm³/mol. The lowest BCUT2D eigenvalue weighted by Gasteiger charge is -2.36. The average Bonchev–Trinajstić information content (AvgIpc) is 3.18. The summed E-state index contributed by atoms with van der Waals surface area (Å²) >= 11 is 0. The number of amides is 2. The van der Waals surface area contributed by atoms with Gasteiger partial charge in [-0.3, -0.25) is 9.59 Å². The van der Waals surface area contributed by atoms with Crippen LogP contribution in [0.4, 0.5) is 0 Å². The number of carbonyl (C=O) groups is 2. The molecule has 1 aromatic heterocycles. The number of furan rings is 1. The SMILES string of the molecule is Cc1oc(C(C)C)cc1C(=O)N1CCCC[C@@H]1CCN1CCCC1=O. The van der Waals surface area contributed by atoms with Crippen molar-refractivity contribution in [3.05, 3.63) is 23.2 Å². The van der Waals surface area contributed by atoms with Crippen LogP contribution < -0.4 is 0 Å². The highest BCUT2D eigenvalue weighted by molar-refractivity contribution is 5.95. The van der Waals surface area contributed by atoms with Crippen LogP contribution in [-0.4, -0.2) is 47.3 Å². The fraction of sp³-hybridized carbons (Fsp3) is 0.700. The maximum Gasteiger partial charge on any atom is 0.257 e. The molecule has 2 aliphatic heterocycles. The molecule has 0 bridgehead atoms. The molecule has 2 fully saturated rings. The number of aryl methyl sites for hydroxylation is 1. The molecule has 5 heteroatoms. The van der Waals surface area contributed by atoms with Gasteiger partial charge in [-0.05, 0) is 45.1 Å². The van der Waals surface area contributed by atoms with Gasteiger partial charge < -0.3 is 14.2 Å². The Morgan fingerprint density at radius 1 is 1.28 bits per heavy atom. The molecule has 0 unspecified atom stereocenters. The normalized spacial score (nSPS) is 21.4. The number of nitrogens with zero attached hydrogens (tertiary/aromatic N) is 2. The van der Waals surface area contributed by atoms with Gasteiger partial charge in [0, 0.05) is 38.0 Å². The van der Waals surface area contributed by atoms with Gasteiger partial charge in [0.2, 0.25) is 5.91 Å². The molecule has 0 saturated carbocycles. The molecule has 0 N–H and O–H groups in total. The van der Waals surface area contributed by atoms with Crippen LogP contribution in [0.25, 0.3) is 0 Å². The minimum Gasteiger partial charge on any atom is -0.465 e. The number of rotatable bonds is 5. The standard InChI is InChI=1S/C20H30N2O3/c1-14(2)18-13-17(15(3)25-18)20(24)22-11-5-4-7-16(22)9-12-21-10-6-8-19(21)23/h13-14,16H,4-12H2,1-3H3/t16-/m1/s1. The van der Waals surface area contributed by atoms with Gasteiger partial charge in [0.25, 0.3) is 5.91 Å². The van der Waals surface area contributed by atoms with Crippen molar-refractivity contribution in [3.8, 4) is 0 Å². The van der Waals surface area contributed by atoms with Crippen molar-refractivity contribution in [2.45, 2.75) is 71.3 Å². The highest BCUT2D eigenvalue weighted by Gasteiger charge is 2.31. The molecule has 0 aromatic carbocycles. The molecule has 1 aromatic rings. The van der Waals surface area contributed by atoms with Crippen LogP contribution in [0, 0.1) is 6.92 Å². The summed E-state index contributed by atoms with van der Waals surface area (Å²) in [7, 11) is 0.